The normalized spacial score (nSPS) is 11.3. The van der Waals surface area contributed by atoms with Crippen LogP contribution in [0.4, 0.5) is 33.7 Å². The second-order valence-electron chi connectivity index (χ2n) is 5.25. The molecule has 0 heterocycles. The fourth-order valence-corrected chi connectivity index (χ4v) is 2.54. The average Bonchev–Trinajstić information content (AvgIpc) is 2.62. The van der Waals surface area contributed by atoms with Crippen LogP contribution in [0.2, 0.25) is 0 Å². The maximum Gasteiger partial charge on any atom is 0.446 e. The third kappa shape index (κ3) is 6.95. The number of benzene rings is 2. The fourth-order valence-electron chi connectivity index (χ4n) is 2.00. The van der Waals surface area contributed by atoms with Gasteiger partial charge in [-0.25, -0.2) is 9.18 Å². The molecule has 0 unspecified atom stereocenters. The molecular weight excluding hydrogens is 400 g/mol. The van der Waals surface area contributed by atoms with Crippen LogP contribution in [0.3, 0.4) is 0 Å². The number of rotatable bonds is 5. The number of amides is 2. The number of hydrogen-bond acceptors (Lipinski definition) is 4. The van der Waals surface area contributed by atoms with E-state index in [9.17, 15) is 27.2 Å². The third-order valence-electron chi connectivity index (χ3n) is 3.20. The molecule has 2 N–H and O–H groups in total. The Bertz CT molecular complexity index is 883. The Morgan fingerprint density at radius 3 is 2.36 bits per heavy atom. The summed E-state index contributed by atoms with van der Waals surface area (Å²) in [6, 6.07) is 9.03. The van der Waals surface area contributed by atoms with Crippen molar-refractivity contribution in [2.24, 2.45) is 0 Å². The molecule has 0 radical (unpaired) electrons. The number of hydrogen-bond donors (Lipinski definition) is 2. The number of halogens is 4. The summed E-state index contributed by atoms with van der Waals surface area (Å²) in [5.41, 5.74) is -3.80. The molecule has 0 aliphatic heterocycles. The van der Waals surface area contributed by atoms with E-state index in [4.69, 9.17) is 0 Å². The Hall–Kier alpha value is -3.01. The zero-order chi connectivity index (χ0) is 20.7. The fraction of sp³-hybridized carbons (Fsp3) is 0.111. The molecule has 28 heavy (non-hydrogen) atoms. The Morgan fingerprint density at radius 1 is 1.07 bits per heavy atom. The standard InChI is InChI=1S/C18H14F4N2O3S/c1-27-17(26)24-15-10-12(5-8-14(15)19)23-16(25)9-4-11-2-6-13(7-3-11)28-18(20,21)22/h2-10H,1H3,(H,23,25)(H,24,26). The van der Waals surface area contributed by atoms with E-state index in [1.54, 1.807) is 0 Å². The largest absolute Gasteiger partial charge is 0.453 e. The second-order valence-corrected chi connectivity index (χ2v) is 6.39. The predicted octanol–water partition coefficient (Wildman–Crippen LogP) is 5.27. The van der Waals surface area contributed by atoms with Crippen molar-refractivity contribution >= 4 is 41.2 Å². The zero-order valence-electron chi connectivity index (χ0n) is 14.3. The molecule has 10 heteroatoms. The highest BCUT2D eigenvalue weighted by Gasteiger charge is 2.28. The van der Waals surface area contributed by atoms with Gasteiger partial charge in [0.05, 0.1) is 12.8 Å². The molecule has 5 nitrogen and oxygen atoms in total. The van der Waals surface area contributed by atoms with Crippen LogP contribution in [0.25, 0.3) is 6.08 Å². The Labute approximate surface area is 161 Å². The molecule has 2 rings (SSSR count). The van der Waals surface area contributed by atoms with E-state index in [0.717, 1.165) is 13.2 Å². The van der Waals surface area contributed by atoms with Gasteiger partial charge in [-0.3, -0.25) is 10.1 Å². The summed E-state index contributed by atoms with van der Waals surface area (Å²) in [5.74, 6) is -1.26. The summed E-state index contributed by atoms with van der Waals surface area (Å²) >= 11 is -0.229. The van der Waals surface area contributed by atoms with Crippen LogP contribution in [-0.2, 0) is 9.53 Å². The van der Waals surface area contributed by atoms with E-state index in [1.807, 2.05) is 0 Å². The molecule has 0 aliphatic rings. The quantitative estimate of drug-likeness (QED) is 0.398. The minimum absolute atomic E-state index is 0.0334. The van der Waals surface area contributed by atoms with Gasteiger partial charge in [0.25, 0.3) is 0 Å². The maximum atomic E-state index is 13.6. The van der Waals surface area contributed by atoms with Crippen LogP contribution >= 0.6 is 11.8 Å². The van der Waals surface area contributed by atoms with Gasteiger partial charge in [-0.15, -0.1) is 0 Å². The van der Waals surface area contributed by atoms with E-state index < -0.39 is 23.3 Å². The maximum absolute atomic E-state index is 13.6. The highest BCUT2D eigenvalue weighted by atomic mass is 32.2. The van der Waals surface area contributed by atoms with Crippen molar-refractivity contribution in [1.29, 1.82) is 0 Å². The van der Waals surface area contributed by atoms with Gasteiger partial charge in [0.1, 0.15) is 5.82 Å². The SMILES string of the molecule is COC(=O)Nc1cc(NC(=O)C=Cc2ccc(SC(F)(F)F)cc2)ccc1F. The number of methoxy groups -OCH3 is 1. The number of ether oxygens (including phenoxy) is 1. The third-order valence-corrected chi connectivity index (χ3v) is 3.94. The van der Waals surface area contributed by atoms with E-state index in [2.05, 4.69) is 15.4 Å². The van der Waals surface area contributed by atoms with Crippen LogP contribution < -0.4 is 10.6 Å². The van der Waals surface area contributed by atoms with Crippen molar-refractivity contribution in [1.82, 2.24) is 0 Å². The minimum atomic E-state index is -4.37. The summed E-state index contributed by atoms with van der Waals surface area (Å²) in [7, 11) is 1.12. The first-order chi connectivity index (χ1) is 13.2. The Balaban J connectivity index is 2.00. The Kier molecular flexibility index (Phi) is 7.05. The number of carbonyl (C=O) groups excluding carboxylic acids is 2. The molecule has 2 aromatic carbocycles. The zero-order valence-corrected chi connectivity index (χ0v) is 15.2. The van der Waals surface area contributed by atoms with Crippen molar-refractivity contribution in [3.05, 3.63) is 59.9 Å². The van der Waals surface area contributed by atoms with Crippen LogP contribution in [0, 0.1) is 5.82 Å². The number of nitrogens with one attached hydrogen (secondary N) is 2. The molecule has 0 bridgehead atoms. The molecule has 0 fully saturated rings. The average molecular weight is 414 g/mol. The lowest BCUT2D eigenvalue weighted by Crippen LogP contribution is -2.13. The summed E-state index contributed by atoms with van der Waals surface area (Å²) in [4.78, 5) is 23.2. The first-order valence-electron chi connectivity index (χ1n) is 7.65. The van der Waals surface area contributed by atoms with Gasteiger partial charge >= 0.3 is 11.6 Å². The van der Waals surface area contributed by atoms with Crippen LogP contribution in [-0.4, -0.2) is 24.6 Å². The molecule has 0 aromatic heterocycles. The number of thioether (sulfide) groups is 1. The predicted molar refractivity (Wildman–Crippen MR) is 98.4 cm³/mol. The van der Waals surface area contributed by atoms with E-state index >= 15 is 0 Å². The summed E-state index contributed by atoms with van der Waals surface area (Å²) in [5, 5.41) is 4.64. The molecule has 148 valence electrons. The first kappa shape index (κ1) is 21.3. The second kappa shape index (κ2) is 9.27. The van der Waals surface area contributed by atoms with Gasteiger partial charge in [0.15, 0.2) is 0 Å². The monoisotopic (exact) mass is 414 g/mol. The Morgan fingerprint density at radius 2 is 1.75 bits per heavy atom. The molecular formula is C18H14F4N2O3S. The van der Waals surface area contributed by atoms with Crippen molar-refractivity contribution in [3.63, 3.8) is 0 Å². The molecule has 0 atom stereocenters. The van der Waals surface area contributed by atoms with Gasteiger partial charge in [0, 0.05) is 16.7 Å². The smallest absolute Gasteiger partial charge is 0.446 e. The number of anilines is 2. The summed E-state index contributed by atoms with van der Waals surface area (Å²) in [6.45, 7) is 0. The van der Waals surface area contributed by atoms with Gasteiger partial charge in [-0.2, -0.15) is 13.2 Å². The van der Waals surface area contributed by atoms with Crippen molar-refractivity contribution in [2.75, 3.05) is 17.7 Å². The topological polar surface area (TPSA) is 67.4 Å². The lowest BCUT2D eigenvalue weighted by Gasteiger charge is -2.08. The van der Waals surface area contributed by atoms with Gasteiger partial charge in [-0.1, -0.05) is 12.1 Å². The van der Waals surface area contributed by atoms with Crippen LogP contribution in [0.15, 0.2) is 53.4 Å². The highest BCUT2D eigenvalue weighted by molar-refractivity contribution is 8.00. The van der Waals surface area contributed by atoms with Crippen molar-refractivity contribution in [2.45, 2.75) is 10.4 Å². The molecule has 2 aromatic rings. The van der Waals surface area contributed by atoms with E-state index in [0.29, 0.717) is 5.56 Å². The minimum Gasteiger partial charge on any atom is -0.453 e. The van der Waals surface area contributed by atoms with Crippen molar-refractivity contribution < 1.29 is 31.9 Å². The van der Waals surface area contributed by atoms with Crippen LogP contribution in [0.1, 0.15) is 5.56 Å². The summed E-state index contributed by atoms with van der Waals surface area (Å²) in [6.07, 6.45) is 1.71. The highest BCUT2D eigenvalue weighted by Crippen LogP contribution is 2.36. The summed E-state index contributed by atoms with van der Waals surface area (Å²) < 4.78 is 54.9. The molecule has 2 amide bonds. The first-order valence-corrected chi connectivity index (χ1v) is 8.47. The van der Waals surface area contributed by atoms with Gasteiger partial charge in [0.2, 0.25) is 5.91 Å². The molecule has 0 spiro atoms. The van der Waals surface area contributed by atoms with E-state index in [-0.39, 0.29) is 28.0 Å². The number of alkyl halides is 3. The molecule has 0 saturated carbocycles. The van der Waals surface area contributed by atoms with Gasteiger partial charge < -0.3 is 10.1 Å². The van der Waals surface area contributed by atoms with Crippen LogP contribution in [0.5, 0.6) is 0 Å². The molecule has 0 aliphatic carbocycles. The number of carbonyl (C=O) groups is 2. The van der Waals surface area contributed by atoms with Gasteiger partial charge in [-0.05, 0) is 53.7 Å². The lowest BCUT2D eigenvalue weighted by molar-refractivity contribution is -0.111. The van der Waals surface area contributed by atoms with E-state index in [1.165, 1.54) is 48.6 Å². The van der Waals surface area contributed by atoms with Crippen molar-refractivity contribution in [3.8, 4) is 0 Å². The lowest BCUT2D eigenvalue weighted by atomic mass is 10.2. The molecule has 0 saturated heterocycles.